The Balaban J connectivity index is 1.71. The molecule has 3 aromatic heterocycles. The number of anilines is 1. The standard InChI is InChI=1S/C19H19N5OS/c1-11-5-8-15-16(9-11)26-19(21-15)22-17(25)14-10-20-23(4)18(14)24-12(2)6-7-13(24)3/h5-10H,1-4H3,(H,21,22,25). The first-order chi connectivity index (χ1) is 12.4. The van der Waals surface area contributed by atoms with Crippen LogP contribution >= 0.6 is 11.3 Å². The Hall–Kier alpha value is -2.93. The first-order valence-corrected chi connectivity index (χ1v) is 9.11. The highest BCUT2D eigenvalue weighted by molar-refractivity contribution is 7.22. The molecular weight excluding hydrogens is 346 g/mol. The van der Waals surface area contributed by atoms with E-state index in [4.69, 9.17) is 0 Å². The fourth-order valence-electron chi connectivity index (χ4n) is 3.11. The smallest absolute Gasteiger partial charge is 0.262 e. The van der Waals surface area contributed by atoms with Crippen LogP contribution in [0.15, 0.2) is 36.5 Å². The van der Waals surface area contributed by atoms with Crippen molar-refractivity contribution in [1.82, 2.24) is 19.3 Å². The predicted octanol–water partition coefficient (Wildman–Crippen LogP) is 4.00. The van der Waals surface area contributed by atoms with Crippen LogP contribution in [-0.4, -0.2) is 25.2 Å². The molecule has 0 aliphatic heterocycles. The summed E-state index contributed by atoms with van der Waals surface area (Å²) in [4.78, 5) is 17.4. The maximum absolute atomic E-state index is 12.9. The van der Waals surface area contributed by atoms with Crippen LogP contribution in [-0.2, 0) is 7.05 Å². The van der Waals surface area contributed by atoms with Crippen molar-refractivity contribution < 1.29 is 4.79 Å². The molecule has 0 fully saturated rings. The number of amides is 1. The Labute approximate surface area is 155 Å². The Morgan fingerprint density at radius 2 is 1.85 bits per heavy atom. The van der Waals surface area contributed by atoms with Crippen molar-refractivity contribution in [3.8, 4) is 5.82 Å². The summed E-state index contributed by atoms with van der Waals surface area (Å²) in [5, 5.41) is 7.80. The van der Waals surface area contributed by atoms with Crippen LogP contribution in [0.25, 0.3) is 16.0 Å². The molecule has 1 aromatic carbocycles. The summed E-state index contributed by atoms with van der Waals surface area (Å²) in [7, 11) is 1.84. The minimum atomic E-state index is -0.212. The molecule has 7 heteroatoms. The zero-order valence-electron chi connectivity index (χ0n) is 15.1. The fourth-order valence-corrected chi connectivity index (χ4v) is 4.07. The van der Waals surface area contributed by atoms with Crippen molar-refractivity contribution in [2.24, 2.45) is 7.05 Å². The molecular formula is C19H19N5OS. The van der Waals surface area contributed by atoms with Crippen molar-refractivity contribution in [1.29, 1.82) is 0 Å². The number of benzene rings is 1. The second kappa shape index (κ2) is 6.10. The van der Waals surface area contributed by atoms with Crippen molar-refractivity contribution >= 4 is 32.6 Å². The van der Waals surface area contributed by atoms with Crippen LogP contribution in [0.2, 0.25) is 0 Å². The number of hydrogen-bond donors (Lipinski definition) is 1. The Bertz CT molecular complexity index is 1110. The average Bonchev–Trinajstić information content (AvgIpc) is 3.25. The topological polar surface area (TPSA) is 64.7 Å². The molecule has 132 valence electrons. The fraction of sp³-hybridized carbons (Fsp3) is 0.211. The van der Waals surface area contributed by atoms with Gasteiger partial charge in [0.1, 0.15) is 11.4 Å². The van der Waals surface area contributed by atoms with Gasteiger partial charge in [0.25, 0.3) is 5.91 Å². The summed E-state index contributed by atoms with van der Waals surface area (Å²) in [5.74, 6) is 0.538. The molecule has 0 aliphatic carbocycles. The molecule has 1 N–H and O–H groups in total. The maximum Gasteiger partial charge on any atom is 0.262 e. The van der Waals surface area contributed by atoms with Crippen LogP contribution in [0.5, 0.6) is 0 Å². The molecule has 26 heavy (non-hydrogen) atoms. The number of carbonyl (C=O) groups excluding carboxylic acids is 1. The van der Waals surface area contributed by atoms with Gasteiger partial charge in [-0.25, -0.2) is 4.98 Å². The molecule has 0 radical (unpaired) electrons. The molecule has 0 atom stereocenters. The summed E-state index contributed by atoms with van der Waals surface area (Å²) in [6.45, 7) is 6.07. The number of aromatic nitrogens is 4. The number of aryl methyl sites for hydroxylation is 4. The molecule has 4 rings (SSSR count). The Morgan fingerprint density at radius 3 is 2.58 bits per heavy atom. The lowest BCUT2D eigenvalue weighted by Gasteiger charge is -2.12. The van der Waals surface area contributed by atoms with Gasteiger partial charge in [0.2, 0.25) is 0 Å². The summed E-state index contributed by atoms with van der Waals surface area (Å²) in [6, 6.07) is 10.1. The van der Waals surface area contributed by atoms with Gasteiger partial charge in [-0.05, 0) is 50.6 Å². The largest absolute Gasteiger partial charge is 0.303 e. The summed E-state index contributed by atoms with van der Waals surface area (Å²) < 4.78 is 4.81. The molecule has 0 unspecified atom stereocenters. The molecule has 0 bridgehead atoms. The van der Waals surface area contributed by atoms with E-state index in [0.29, 0.717) is 10.7 Å². The zero-order valence-corrected chi connectivity index (χ0v) is 15.9. The molecule has 4 aromatic rings. The van der Waals surface area contributed by atoms with Gasteiger partial charge in [-0.3, -0.25) is 14.8 Å². The molecule has 6 nitrogen and oxygen atoms in total. The molecule has 1 amide bonds. The maximum atomic E-state index is 12.9. The van der Waals surface area contributed by atoms with E-state index >= 15 is 0 Å². The number of nitrogens with zero attached hydrogens (tertiary/aromatic N) is 4. The Kier molecular flexibility index (Phi) is 3.88. The normalized spacial score (nSPS) is 11.2. The van der Waals surface area contributed by atoms with E-state index in [9.17, 15) is 4.79 Å². The van der Waals surface area contributed by atoms with E-state index in [1.54, 1.807) is 10.9 Å². The van der Waals surface area contributed by atoms with Gasteiger partial charge >= 0.3 is 0 Å². The van der Waals surface area contributed by atoms with Crippen LogP contribution in [0.4, 0.5) is 5.13 Å². The lowest BCUT2D eigenvalue weighted by atomic mass is 10.2. The number of fused-ring (bicyclic) bond motifs is 1. The highest BCUT2D eigenvalue weighted by Gasteiger charge is 2.21. The first kappa shape index (κ1) is 16.5. The van der Waals surface area contributed by atoms with E-state index in [-0.39, 0.29) is 5.91 Å². The molecule has 3 heterocycles. The highest BCUT2D eigenvalue weighted by atomic mass is 32.1. The van der Waals surface area contributed by atoms with Gasteiger partial charge < -0.3 is 4.57 Å². The van der Waals surface area contributed by atoms with Crippen molar-refractivity contribution in [2.75, 3.05) is 5.32 Å². The van der Waals surface area contributed by atoms with E-state index in [1.807, 2.05) is 56.7 Å². The minimum absolute atomic E-state index is 0.212. The number of carbonyl (C=O) groups is 1. The SMILES string of the molecule is Cc1ccc2nc(NC(=O)c3cnn(C)c3-n3c(C)ccc3C)sc2c1. The van der Waals surface area contributed by atoms with Gasteiger partial charge in [0, 0.05) is 18.4 Å². The molecule has 0 saturated carbocycles. The quantitative estimate of drug-likeness (QED) is 0.597. The average molecular weight is 365 g/mol. The molecule has 0 saturated heterocycles. The zero-order chi connectivity index (χ0) is 18.4. The van der Waals surface area contributed by atoms with Crippen LogP contribution in [0, 0.1) is 20.8 Å². The third-order valence-corrected chi connectivity index (χ3v) is 5.33. The van der Waals surface area contributed by atoms with Crippen molar-refractivity contribution in [3.63, 3.8) is 0 Å². The lowest BCUT2D eigenvalue weighted by molar-refractivity contribution is 0.102. The van der Waals surface area contributed by atoms with E-state index < -0.39 is 0 Å². The van der Waals surface area contributed by atoms with Crippen LogP contribution in [0.3, 0.4) is 0 Å². The van der Waals surface area contributed by atoms with E-state index in [1.165, 1.54) is 16.9 Å². The van der Waals surface area contributed by atoms with Gasteiger partial charge in [-0.15, -0.1) is 0 Å². The summed E-state index contributed by atoms with van der Waals surface area (Å²) in [6.07, 6.45) is 1.60. The number of thiazole rings is 1. The Morgan fingerprint density at radius 1 is 1.12 bits per heavy atom. The minimum Gasteiger partial charge on any atom is -0.303 e. The number of nitrogens with one attached hydrogen (secondary N) is 1. The highest BCUT2D eigenvalue weighted by Crippen LogP contribution is 2.28. The lowest BCUT2D eigenvalue weighted by Crippen LogP contribution is -2.16. The van der Waals surface area contributed by atoms with Crippen LogP contribution < -0.4 is 5.32 Å². The van der Waals surface area contributed by atoms with Crippen molar-refractivity contribution in [3.05, 3.63) is 59.0 Å². The number of hydrogen-bond acceptors (Lipinski definition) is 4. The van der Waals surface area contributed by atoms with Gasteiger partial charge in [0.15, 0.2) is 5.13 Å². The monoisotopic (exact) mass is 365 g/mol. The summed E-state index contributed by atoms with van der Waals surface area (Å²) >= 11 is 1.47. The summed E-state index contributed by atoms with van der Waals surface area (Å²) in [5.41, 5.74) is 4.68. The predicted molar refractivity (Wildman–Crippen MR) is 104 cm³/mol. The van der Waals surface area contributed by atoms with Gasteiger partial charge in [-0.1, -0.05) is 17.4 Å². The second-order valence-corrected chi connectivity index (χ2v) is 7.43. The third kappa shape index (κ3) is 2.70. The van der Waals surface area contributed by atoms with Gasteiger partial charge in [-0.2, -0.15) is 5.10 Å². The van der Waals surface area contributed by atoms with Crippen LogP contribution in [0.1, 0.15) is 27.3 Å². The van der Waals surface area contributed by atoms with E-state index in [0.717, 1.165) is 27.4 Å². The number of rotatable bonds is 3. The first-order valence-electron chi connectivity index (χ1n) is 8.30. The molecule has 0 aliphatic rings. The second-order valence-electron chi connectivity index (χ2n) is 6.40. The molecule has 0 spiro atoms. The van der Waals surface area contributed by atoms with E-state index in [2.05, 4.69) is 21.5 Å². The van der Waals surface area contributed by atoms with Gasteiger partial charge in [0.05, 0.1) is 16.4 Å². The third-order valence-electron chi connectivity index (χ3n) is 4.40. The van der Waals surface area contributed by atoms with Crippen molar-refractivity contribution in [2.45, 2.75) is 20.8 Å².